The maximum atomic E-state index is 12.7. The molecule has 2 rings (SSSR count). The monoisotopic (exact) mass is 368 g/mol. The molecule has 0 saturated carbocycles. The summed E-state index contributed by atoms with van der Waals surface area (Å²) >= 11 is 1.53. The van der Waals surface area contributed by atoms with Gasteiger partial charge < -0.3 is 5.32 Å². The Morgan fingerprint density at radius 2 is 1.88 bits per heavy atom. The fourth-order valence-corrected chi connectivity index (χ4v) is 2.95. The molecule has 1 N–H and O–H groups in total. The van der Waals surface area contributed by atoms with Crippen molar-refractivity contribution in [3.63, 3.8) is 0 Å². The first kappa shape index (κ1) is 19.3. The second-order valence-corrected chi connectivity index (χ2v) is 6.47. The third-order valence-electron chi connectivity index (χ3n) is 3.50. The molecular formula is C18H19F3N2OS. The van der Waals surface area contributed by atoms with Crippen LogP contribution in [0.15, 0.2) is 53.4 Å². The van der Waals surface area contributed by atoms with Crippen molar-refractivity contribution in [2.75, 3.05) is 25.2 Å². The van der Waals surface area contributed by atoms with Crippen molar-refractivity contribution in [2.24, 2.45) is 0 Å². The Labute approximate surface area is 149 Å². The van der Waals surface area contributed by atoms with Crippen LogP contribution in [0.1, 0.15) is 11.1 Å². The molecule has 2 aromatic carbocycles. The summed E-state index contributed by atoms with van der Waals surface area (Å²) in [5, 5.41) is 2.83. The highest BCUT2D eigenvalue weighted by molar-refractivity contribution is 7.98. The van der Waals surface area contributed by atoms with E-state index in [1.54, 1.807) is 18.0 Å². The van der Waals surface area contributed by atoms with E-state index in [-0.39, 0.29) is 19.0 Å². The number of hydrogen-bond donors (Lipinski definition) is 1. The van der Waals surface area contributed by atoms with Crippen LogP contribution in [-0.2, 0) is 17.5 Å². The van der Waals surface area contributed by atoms with Gasteiger partial charge in [-0.1, -0.05) is 30.3 Å². The van der Waals surface area contributed by atoms with Crippen LogP contribution < -0.4 is 5.32 Å². The first-order valence-electron chi connectivity index (χ1n) is 7.57. The van der Waals surface area contributed by atoms with Gasteiger partial charge in [0.25, 0.3) is 0 Å². The Morgan fingerprint density at radius 1 is 1.16 bits per heavy atom. The smallest absolute Gasteiger partial charge is 0.324 e. The zero-order valence-corrected chi connectivity index (χ0v) is 14.7. The Morgan fingerprint density at radius 3 is 2.56 bits per heavy atom. The van der Waals surface area contributed by atoms with Gasteiger partial charge in [0.2, 0.25) is 5.91 Å². The van der Waals surface area contributed by atoms with Gasteiger partial charge in [0.1, 0.15) is 0 Å². The molecule has 0 atom stereocenters. The number of benzene rings is 2. The lowest BCUT2D eigenvalue weighted by Crippen LogP contribution is -2.30. The molecule has 0 fully saturated rings. The highest BCUT2D eigenvalue weighted by Gasteiger charge is 2.30. The molecule has 0 saturated heterocycles. The number of amides is 1. The number of likely N-dealkylation sites (N-methyl/N-ethyl adjacent to an activating group) is 1. The second-order valence-electron chi connectivity index (χ2n) is 5.62. The highest BCUT2D eigenvalue weighted by Crippen LogP contribution is 2.29. The van der Waals surface area contributed by atoms with Crippen LogP contribution in [0.3, 0.4) is 0 Å². The van der Waals surface area contributed by atoms with Crippen LogP contribution in [0, 0.1) is 0 Å². The number of halogens is 3. The van der Waals surface area contributed by atoms with Crippen LogP contribution >= 0.6 is 11.8 Å². The van der Waals surface area contributed by atoms with Crippen molar-refractivity contribution in [1.29, 1.82) is 0 Å². The minimum absolute atomic E-state index is 0.0823. The van der Waals surface area contributed by atoms with Gasteiger partial charge >= 0.3 is 6.18 Å². The molecule has 0 bridgehead atoms. The lowest BCUT2D eigenvalue weighted by Gasteiger charge is -2.18. The number of anilines is 1. The number of carbonyl (C=O) groups is 1. The SMILES string of the molecule is CSc1ccccc1NC(=O)CN(C)Cc1cccc(C(F)(F)F)c1. The van der Waals surface area contributed by atoms with Gasteiger partial charge in [0.05, 0.1) is 17.8 Å². The van der Waals surface area contributed by atoms with E-state index >= 15 is 0 Å². The summed E-state index contributed by atoms with van der Waals surface area (Å²) < 4.78 is 38.2. The maximum Gasteiger partial charge on any atom is 0.416 e. The number of alkyl halides is 3. The predicted octanol–water partition coefficient (Wildman–Crippen LogP) is 4.50. The van der Waals surface area contributed by atoms with E-state index in [4.69, 9.17) is 0 Å². The minimum atomic E-state index is -4.37. The Balaban J connectivity index is 1.96. The number of nitrogens with zero attached hydrogens (tertiary/aromatic N) is 1. The van der Waals surface area contributed by atoms with E-state index in [1.165, 1.54) is 17.8 Å². The van der Waals surface area contributed by atoms with Crippen molar-refractivity contribution in [3.8, 4) is 0 Å². The molecule has 0 aliphatic rings. The summed E-state index contributed by atoms with van der Waals surface area (Å²) in [6.45, 7) is 0.334. The molecule has 0 aromatic heterocycles. The molecule has 0 unspecified atom stereocenters. The average molecular weight is 368 g/mol. The first-order valence-corrected chi connectivity index (χ1v) is 8.79. The van der Waals surface area contributed by atoms with Crippen LogP contribution in [0.2, 0.25) is 0 Å². The Kier molecular flexibility index (Phi) is 6.50. The van der Waals surface area contributed by atoms with Crippen LogP contribution in [0.4, 0.5) is 18.9 Å². The van der Waals surface area contributed by atoms with Crippen LogP contribution in [0.5, 0.6) is 0 Å². The predicted molar refractivity (Wildman–Crippen MR) is 94.6 cm³/mol. The van der Waals surface area contributed by atoms with Crippen LogP contribution in [-0.4, -0.2) is 30.7 Å². The number of thioether (sulfide) groups is 1. The maximum absolute atomic E-state index is 12.7. The summed E-state index contributed by atoms with van der Waals surface area (Å²) in [6.07, 6.45) is -2.45. The molecule has 0 heterocycles. The highest BCUT2D eigenvalue weighted by atomic mass is 32.2. The third-order valence-corrected chi connectivity index (χ3v) is 4.30. The summed E-state index contributed by atoms with van der Waals surface area (Å²) in [4.78, 5) is 14.8. The van der Waals surface area contributed by atoms with Crippen molar-refractivity contribution in [3.05, 3.63) is 59.7 Å². The van der Waals surface area contributed by atoms with E-state index in [1.807, 2.05) is 30.5 Å². The Hall–Kier alpha value is -1.99. The van der Waals surface area contributed by atoms with Gasteiger partial charge in [-0.05, 0) is 37.1 Å². The van der Waals surface area contributed by atoms with Gasteiger partial charge in [-0.2, -0.15) is 13.2 Å². The molecule has 0 aliphatic carbocycles. The lowest BCUT2D eigenvalue weighted by atomic mass is 10.1. The lowest BCUT2D eigenvalue weighted by molar-refractivity contribution is -0.137. The average Bonchev–Trinajstić information content (AvgIpc) is 2.54. The van der Waals surface area contributed by atoms with E-state index in [9.17, 15) is 18.0 Å². The van der Waals surface area contributed by atoms with Gasteiger partial charge in [0, 0.05) is 11.4 Å². The van der Waals surface area contributed by atoms with Gasteiger partial charge in [-0.3, -0.25) is 9.69 Å². The quantitative estimate of drug-likeness (QED) is 0.762. The van der Waals surface area contributed by atoms with E-state index in [2.05, 4.69) is 5.32 Å². The zero-order valence-electron chi connectivity index (χ0n) is 13.9. The van der Waals surface area contributed by atoms with Gasteiger partial charge in [0.15, 0.2) is 0 Å². The second kappa shape index (κ2) is 8.40. The molecule has 2 aromatic rings. The summed E-state index contributed by atoms with van der Waals surface area (Å²) in [6, 6.07) is 12.6. The normalized spacial score (nSPS) is 11.6. The largest absolute Gasteiger partial charge is 0.416 e. The molecule has 134 valence electrons. The molecular weight excluding hydrogens is 349 g/mol. The molecule has 3 nitrogen and oxygen atoms in total. The molecule has 1 amide bonds. The fraction of sp³-hybridized carbons (Fsp3) is 0.278. The Bertz CT molecular complexity index is 734. The van der Waals surface area contributed by atoms with Crippen molar-refractivity contribution in [2.45, 2.75) is 17.6 Å². The zero-order chi connectivity index (χ0) is 18.4. The number of para-hydroxylation sites is 1. The van der Waals surface area contributed by atoms with Gasteiger partial charge in [-0.25, -0.2) is 0 Å². The standard InChI is InChI=1S/C18H19F3N2OS/c1-23(11-13-6-5-7-14(10-13)18(19,20)21)12-17(24)22-15-8-3-4-9-16(15)25-2/h3-10H,11-12H2,1-2H3,(H,22,24). The number of nitrogens with one attached hydrogen (secondary N) is 1. The summed E-state index contributed by atoms with van der Waals surface area (Å²) in [7, 11) is 1.69. The van der Waals surface area contributed by atoms with E-state index in [0.717, 1.165) is 22.7 Å². The summed E-state index contributed by atoms with van der Waals surface area (Å²) in [5.74, 6) is -0.212. The molecule has 7 heteroatoms. The summed E-state index contributed by atoms with van der Waals surface area (Å²) in [5.41, 5.74) is 0.554. The van der Waals surface area contributed by atoms with Crippen molar-refractivity contribution in [1.82, 2.24) is 4.90 Å². The first-order chi connectivity index (χ1) is 11.8. The number of rotatable bonds is 6. The minimum Gasteiger partial charge on any atom is -0.324 e. The fourth-order valence-electron chi connectivity index (χ4n) is 2.40. The topological polar surface area (TPSA) is 32.3 Å². The van der Waals surface area contributed by atoms with Crippen molar-refractivity contribution < 1.29 is 18.0 Å². The molecule has 25 heavy (non-hydrogen) atoms. The van der Waals surface area contributed by atoms with Gasteiger partial charge in [-0.15, -0.1) is 11.8 Å². The van der Waals surface area contributed by atoms with Crippen molar-refractivity contribution >= 4 is 23.4 Å². The number of carbonyl (C=O) groups excluding carboxylic acids is 1. The van der Waals surface area contributed by atoms with Crippen LogP contribution in [0.25, 0.3) is 0 Å². The van der Waals surface area contributed by atoms with E-state index < -0.39 is 11.7 Å². The molecule has 0 aliphatic heterocycles. The molecule has 0 spiro atoms. The van der Waals surface area contributed by atoms with E-state index in [0.29, 0.717) is 5.56 Å². The third kappa shape index (κ3) is 5.79. The molecule has 0 radical (unpaired) electrons. The number of hydrogen-bond acceptors (Lipinski definition) is 3.